The normalized spacial score (nSPS) is 13.1. The van der Waals surface area contributed by atoms with Crippen molar-refractivity contribution in [2.45, 2.75) is 71.1 Å². The Morgan fingerprint density at radius 3 is 1.03 bits per heavy atom. The van der Waals surface area contributed by atoms with Gasteiger partial charge in [-0.1, -0.05) is 0 Å². The van der Waals surface area contributed by atoms with E-state index in [0.717, 1.165) is 0 Å². The second-order valence-electron chi connectivity index (χ2n) is 13.4. The topological polar surface area (TPSA) is 0 Å². The summed E-state index contributed by atoms with van der Waals surface area (Å²) in [5.41, 5.74) is 5.96. The zero-order chi connectivity index (χ0) is 28.0. The zero-order valence-corrected chi connectivity index (χ0v) is 27.7. The van der Waals surface area contributed by atoms with Crippen LogP contribution in [0.2, 0.25) is 13.3 Å². The van der Waals surface area contributed by atoms with Crippen LogP contribution in [0.4, 0.5) is 0 Å². The van der Waals surface area contributed by atoms with Crippen molar-refractivity contribution in [3.63, 3.8) is 0 Å². The Labute approximate surface area is 242 Å². The van der Waals surface area contributed by atoms with Gasteiger partial charge in [-0.25, -0.2) is 0 Å². The summed E-state index contributed by atoms with van der Waals surface area (Å²) in [5.74, 6) is 0. The van der Waals surface area contributed by atoms with Crippen LogP contribution >= 0.6 is 0 Å². The van der Waals surface area contributed by atoms with Crippen LogP contribution in [0.5, 0.6) is 0 Å². The molecule has 0 fully saturated rings. The number of benzene rings is 4. The zero-order valence-electron chi connectivity index (χ0n) is 24.8. The Balaban J connectivity index is 1.87. The molecule has 202 valence electrons. The third-order valence-corrected chi connectivity index (χ3v) is 24.6. The summed E-state index contributed by atoms with van der Waals surface area (Å²) in [4.78, 5) is 0. The molecular formula is C38H46Sn. The minimum absolute atomic E-state index is 0.0951. The Hall–Kier alpha value is -2.58. The summed E-state index contributed by atoms with van der Waals surface area (Å²) in [6.45, 7) is 14.9. The number of hydrogen-bond acceptors (Lipinski definition) is 0. The van der Waals surface area contributed by atoms with E-state index in [9.17, 15) is 0 Å². The van der Waals surface area contributed by atoms with Crippen LogP contribution in [0.25, 0.3) is 6.08 Å². The van der Waals surface area contributed by atoms with Crippen LogP contribution < -0.4 is 0 Å². The number of rotatable bonds is 11. The second kappa shape index (κ2) is 12.3. The number of hydrogen-bond donors (Lipinski definition) is 0. The Morgan fingerprint density at radius 1 is 0.436 bits per heavy atom. The van der Waals surface area contributed by atoms with Gasteiger partial charge in [-0.05, 0) is 0 Å². The van der Waals surface area contributed by atoms with Gasteiger partial charge in [0, 0.05) is 0 Å². The molecule has 0 saturated heterocycles. The van der Waals surface area contributed by atoms with Gasteiger partial charge in [0.25, 0.3) is 0 Å². The maximum absolute atomic E-state index is 3.16. The van der Waals surface area contributed by atoms with E-state index in [2.05, 4.69) is 173 Å². The summed E-state index contributed by atoms with van der Waals surface area (Å²) < 4.78 is 6.58. The molecule has 0 aliphatic heterocycles. The molecule has 0 amide bonds. The molecule has 4 aromatic carbocycles. The monoisotopic (exact) mass is 622 g/mol. The molecule has 0 radical (unpaired) electrons. The van der Waals surface area contributed by atoms with Crippen LogP contribution in [-0.2, 0) is 16.2 Å². The van der Waals surface area contributed by atoms with Crippen molar-refractivity contribution in [1.82, 2.24) is 0 Å². The molecule has 39 heavy (non-hydrogen) atoms. The van der Waals surface area contributed by atoms with Gasteiger partial charge < -0.3 is 0 Å². The summed E-state index contributed by atoms with van der Waals surface area (Å²) >= 11 is -3.16. The van der Waals surface area contributed by atoms with Crippen LogP contribution in [0.1, 0.15) is 63.8 Å². The van der Waals surface area contributed by atoms with Gasteiger partial charge in [0.15, 0.2) is 0 Å². The summed E-state index contributed by atoms with van der Waals surface area (Å²) in [5, 5.41) is 0. The van der Waals surface area contributed by atoms with Crippen molar-refractivity contribution in [2.24, 2.45) is 0 Å². The van der Waals surface area contributed by atoms with E-state index in [4.69, 9.17) is 0 Å². The Morgan fingerprint density at radius 2 is 0.718 bits per heavy atom. The van der Waals surface area contributed by atoms with Crippen LogP contribution in [-0.4, -0.2) is 18.4 Å². The fourth-order valence-electron chi connectivity index (χ4n) is 6.82. The van der Waals surface area contributed by atoms with Crippen LogP contribution in [0.15, 0.2) is 125 Å². The molecule has 0 aliphatic rings. The molecule has 0 bridgehead atoms. The van der Waals surface area contributed by atoms with E-state index >= 15 is 0 Å². The minimum atomic E-state index is -3.16. The van der Waals surface area contributed by atoms with Crippen molar-refractivity contribution >= 4 is 24.5 Å². The predicted molar refractivity (Wildman–Crippen MR) is 174 cm³/mol. The fraction of sp³-hybridized carbons (Fsp3) is 0.316. The molecule has 0 aliphatic carbocycles. The van der Waals surface area contributed by atoms with Gasteiger partial charge in [-0.15, -0.1) is 0 Å². The van der Waals surface area contributed by atoms with Crippen molar-refractivity contribution in [3.05, 3.63) is 148 Å². The van der Waals surface area contributed by atoms with E-state index < -0.39 is 18.4 Å². The Kier molecular flexibility index (Phi) is 9.27. The van der Waals surface area contributed by atoms with Gasteiger partial charge >= 0.3 is 243 Å². The van der Waals surface area contributed by atoms with E-state index in [-0.39, 0.29) is 16.2 Å². The fourth-order valence-corrected chi connectivity index (χ4v) is 27.3. The molecule has 0 aromatic heterocycles. The second-order valence-corrected chi connectivity index (χ2v) is 25.1. The SMILES string of the molecule is CC(C)([CH2][Sn](/[CH]=C/c1ccccc1)([CH2]C(C)(C)c1ccccc1)[CH2]C(C)(C)c1ccccc1)c1ccccc1. The molecule has 0 heterocycles. The first kappa shape index (κ1) is 29.4. The van der Waals surface area contributed by atoms with Crippen molar-refractivity contribution in [2.75, 3.05) is 0 Å². The first-order valence-electron chi connectivity index (χ1n) is 14.4. The molecule has 0 nitrogen and oxygen atoms in total. The molecule has 0 spiro atoms. The first-order valence-corrected chi connectivity index (χ1v) is 22.1. The van der Waals surface area contributed by atoms with E-state index in [0.29, 0.717) is 0 Å². The van der Waals surface area contributed by atoms with Crippen molar-refractivity contribution in [1.29, 1.82) is 0 Å². The molecular weight excluding hydrogens is 575 g/mol. The molecule has 0 unspecified atom stereocenters. The molecule has 0 atom stereocenters. The van der Waals surface area contributed by atoms with Crippen LogP contribution in [0.3, 0.4) is 0 Å². The standard InChI is InChI=1S/3C10H13.C8H7.Sn/c3*1-10(2,3)9-7-5-4-6-8-9;1-2-8-6-4-3-5-7-8;/h3*4-8H,1H2,2-3H3;1-7H;. The van der Waals surface area contributed by atoms with Gasteiger partial charge in [0.2, 0.25) is 0 Å². The van der Waals surface area contributed by atoms with Crippen LogP contribution in [0, 0.1) is 0 Å². The molecule has 4 aromatic rings. The van der Waals surface area contributed by atoms with Gasteiger partial charge in [0.1, 0.15) is 0 Å². The molecule has 0 saturated carbocycles. The van der Waals surface area contributed by atoms with E-state index in [1.54, 1.807) is 0 Å². The summed E-state index contributed by atoms with van der Waals surface area (Å²) in [6.07, 6.45) is 2.47. The molecule has 4 rings (SSSR count). The van der Waals surface area contributed by atoms with Crippen molar-refractivity contribution in [3.8, 4) is 0 Å². The summed E-state index contributed by atoms with van der Waals surface area (Å²) in [7, 11) is 0. The molecule has 0 N–H and O–H groups in total. The quantitative estimate of drug-likeness (QED) is 0.146. The van der Waals surface area contributed by atoms with E-state index in [1.165, 1.54) is 35.6 Å². The van der Waals surface area contributed by atoms with Crippen molar-refractivity contribution < 1.29 is 0 Å². The van der Waals surface area contributed by atoms with Gasteiger partial charge in [-0.3, -0.25) is 0 Å². The maximum atomic E-state index is 2.78. The summed E-state index contributed by atoms with van der Waals surface area (Å²) in [6, 6.07) is 44.6. The first-order chi connectivity index (χ1) is 18.5. The third-order valence-electron chi connectivity index (χ3n) is 8.48. The predicted octanol–water partition coefficient (Wildman–Crippen LogP) is 10.6. The molecule has 1 heteroatoms. The average molecular weight is 621 g/mol. The van der Waals surface area contributed by atoms with Gasteiger partial charge in [-0.2, -0.15) is 0 Å². The Bertz CT molecular complexity index is 1190. The van der Waals surface area contributed by atoms with E-state index in [1.807, 2.05) is 0 Å². The van der Waals surface area contributed by atoms with Gasteiger partial charge in [0.05, 0.1) is 0 Å². The third kappa shape index (κ3) is 7.76. The average Bonchev–Trinajstić information content (AvgIpc) is 2.93.